The van der Waals surface area contributed by atoms with Crippen molar-refractivity contribution in [3.8, 4) is 0 Å². The fourth-order valence-corrected chi connectivity index (χ4v) is 3.53. The first-order valence-corrected chi connectivity index (χ1v) is 7.62. The number of primary amides is 1. The lowest BCUT2D eigenvalue weighted by Crippen LogP contribution is -2.24. The van der Waals surface area contributed by atoms with E-state index < -0.39 is 17.8 Å². The molecule has 2 rings (SSSR count). The van der Waals surface area contributed by atoms with Crippen LogP contribution in [0, 0.1) is 5.92 Å². The van der Waals surface area contributed by atoms with Crippen molar-refractivity contribution in [1.29, 1.82) is 0 Å². The van der Waals surface area contributed by atoms with Crippen molar-refractivity contribution in [2.24, 2.45) is 11.7 Å². The van der Waals surface area contributed by atoms with Gasteiger partial charge in [0.2, 0.25) is 0 Å². The van der Waals surface area contributed by atoms with Crippen molar-refractivity contribution in [2.75, 3.05) is 11.9 Å². The first-order valence-electron chi connectivity index (χ1n) is 6.81. The van der Waals surface area contributed by atoms with Crippen LogP contribution in [0.25, 0.3) is 0 Å². The van der Waals surface area contributed by atoms with E-state index in [2.05, 4.69) is 5.32 Å². The average Bonchev–Trinajstić information content (AvgIpc) is 2.95. The maximum Gasteiger partial charge on any atom is 0.308 e. The van der Waals surface area contributed by atoms with Crippen LogP contribution in [0.5, 0.6) is 0 Å². The summed E-state index contributed by atoms with van der Waals surface area (Å²) in [5, 5.41) is 3.07. The summed E-state index contributed by atoms with van der Waals surface area (Å²) in [5.74, 6) is -1.73. The van der Waals surface area contributed by atoms with E-state index in [-0.39, 0.29) is 12.5 Å². The Hall–Kier alpha value is -1.89. The molecule has 0 aromatic carbocycles. The quantitative estimate of drug-likeness (QED) is 0.805. The molecule has 0 spiro atoms. The average molecular weight is 310 g/mol. The Labute approximate surface area is 126 Å². The molecule has 0 fully saturated rings. The van der Waals surface area contributed by atoms with Gasteiger partial charge in [-0.25, -0.2) is 0 Å². The lowest BCUT2D eigenvalue weighted by Gasteiger charge is -2.08. The van der Waals surface area contributed by atoms with Gasteiger partial charge in [0.1, 0.15) is 5.00 Å². The molecule has 0 saturated carbocycles. The van der Waals surface area contributed by atoms with Gasteiger partial charge in [0.15, 0.2) is 6.61 Å². The van der Waals surface area contributed by atoms with Crippen LogP contribution in [0.15, 0.2) is 0 Å². The van der Waals surface area contributed by atoms with Crippen molar-refractivity contribution in [2.45, 2.75) is 33.1 Å². The molecule has 1 heterocycles. The van der Waals surface area contributed by atoms with Crippen molar-refractivity contribution in [1.82, 2.24) is 0 Å². The van der Waals surface area contributed by atoms with E-state index in [4.69, 9.17) is 10.5 Å². The number of anilines is 1. The van der Waals surface area contributed by atoms with Crippen molar-refractivity contribution in [3.05, 3.63) is 16.0 Å². The Bertz CT molecular complexity index is 592. The fraction of sp³-hybridized carbons (Fsp3) is 0.500. The number of thiophene rings is 1. The van der Waals surface area contributed by atoms with E-state index in [1.807, 2.05) is 0 Å². The zero-order valence-electron chi connectivity index (χ0n) is 12.0. The summed E-state index contributed by atoms with van der Waals surface area (Å²) < 4.78 is 4.85. The molecule has 0 radical (unpaired) electrons. The highest BCUT2D eigenvalue weighted by atomic mass is 32.1. The van der Waals surface area contributed by atoms with Crippen molar-refractivity contribution >= 4 is 34.1 Å². The number of ether oxygens (including phenoxy) is 1. The number of amides is 2. The second-order valence-corrected chi connectivity index (χ2v) is 6.34. The Balaban J connectivity index is 2.05. The Morgan fingerprint density at radius 2 is 2.05 bits per heavy atom. The molecule has 21 heavy (non-hydrogen) atoms. The third-order valence-corrected chi connectivity index (χ3v) is 4.44. The molecule has 114 valence electrons. The van der Waals surface area contributed by atoms with Gasteiger partial charge in [0, 0.05) is 4.88 Å². The Kier molecular flexibility index (Phi) is 4.62. The lowest BCUT2D eigenvalue weighted by atomic mass is 10.1. The van der Waals surface area contributed by atoms with Crippen LogP contribution in [0.2, 0.25) is 0 Å². The van der Waals surface area contributed by atoms with Crippen LogP contribution in [0.4, 0.5) is 5.00 Å². The minimum Gasteiger partial charge on any atom is -0.455 e. The molecule has 1 aromatic rings. The first kappa shape index (κ1) is 15.5. The number of esters is 1. The second-order valence-electron chi connectivity index (χ2n) is 5.24. The van der Waals surface area contributed by atoms with Gasteiger partial charge in [0.05, 0.1) is 11.5 Å². The van der Waals surface area contributed by atoms with E-state index in [1.54, 1.807) is 13.8 Å². The zero-order valence-corrected chi connectivity index (χ0v) is 12.8. The van der Waals surface area contributed by atoms with Crippen LogP contribution in [0.1, 0.15) is 41.1 Å². The number of carbonyl (C=O) groups is 3. The zero-order chi connectivity index (χ0) is 15.6. The summed E-state index contributed by atoms with van der Waals surface area (Å²) in [6.45, 7) is 3.02. The molecular weight excluding hydrogens is 292 g/mol. The molecule has 0 saturated heterocycles. The van der Waals surface area contributed by atoms with E-state index >= 15 is 0 Å². The van der Waals surface area contributed by atoms with Gasteiger partial charge in [-0.15, -0.1) is 11.3 Å². The highest BCUT2D eigenvalue weighted by Crippen LogP contribution is 2.38. The number of fused-ring (bicyclic) bond motifs is 1. The SMILES string of the molecule is CC(C)C(=O)OCC(=O)Nc1sc2c(c1C(N)=O)CCC2. The van der Waals surface area contributed by atoms with E-state index in [1.165, 1.54) is 11.3 Å². The molecule has 1 aromatic heterocycles. The monoisotopic (exact) mass is 310 g/mol. The Morgan fingerprint density at radius 3 is 2.67 bits per heavy atom. The summed E-state index contributed by atoms with van der Waals surface area (Å²) in [6, 6.07) is 0. The standard InChI is InChI=1S/C14H18N2O4S/c1-7(2)14(19)20-6-10(17)16-13-11(12(15)18)8-4-3-5-9(8)21-13/h7H,3-6H2,1-2H3,(H2,15,18)(H,16,17). The van der Waals surface area contributed by atoms with Crippen LogP contribution >= 0.6 is 11.3 Å². The number of hydrogen-bond donors (Lipinski definition) is 2. The summed E-state index contributed by atoms with van der Waals surface area (Å²) >= 11 is 1.37. The van der Waals surface area contributed by atoms with Gasteiger partial charge in [-0.05, 0) is 24.8 Å². The number of carbonyl (C=O) groups excluding carboxylic acids is 3. The van der Waals surface area contributed by atoms with E-state index in [9.17, 15) is 14.4 Å². The molecule has 2 amide bonds. The van der Waals surface area contributed by atoms with E-state index in [0.29, 0.717) is 10.6 Å². The second kappa shape index (κ2) is 6.26. The largest absolute Gasteiger partial charge is 0.455 e. The molecule has 7 heteroatoms. The normalized spacial score (nSPS) is 13.1. The number of nitrogens with two attached hydrogens (primary N) is 1. The highest BCUT2D eigenvalue weighted by Gasteiger charge is 2.26. The minimum atomic E-state index is -0.538. The smallest absolute Gasteiger partial charge is 0.308 e. The molecule has 3 N–H and O–H groups in total. The molecule has 0 bridgehead atoms. The predicted octanol–water partition coefficient (Wildman–Crippen LogP) is 1.47. The highest BCUT2D eigenvalue weighted by molar-refractivity contribution is 7.17. The molecule has 1 aliphatic rings. The lowest BCUT2D eigenvalue weighted by molar-refractivity contribution is -0.150. The Morgan fingerprint density at radius 1 is 1.33 bits per heavy atom. The third-order valence-electron chi connectivity index (χ3n) is 3.24. The van der Waals surface area contributed by atoms with Gasteiger partial charge in [-0.2, -0.15) is 0 Å². The molecule has 0 aliphatic heterocycles. The summed E-state index contributed by atoms with van der Waals surface area (Å²) in [4.78, 5) is 35.8. The van der Waals surface area contributed by atoms with Gasteiger partial charge in [-0.3, -0.25) is 14.4 Å². The number of hydrogen-bond acceptors (Lipinski definition) is 5. The van der Waals surface area contributed by atoms with Crippen LogP contribution < -0.4 is 11.1 Å². The molecule has 1 aliphatic carbocycles. The first-order chi connectivity index (χ1) is 9.90. The summed E-state index contributed by atoms with van der Waals surface area (Å²) in [5.41, 5.74) is 6.75. The van der Waals surface area contributed by atoms with E-state index in [0.717, 1.165) is 29.7 Å². The fourth-order valence-electron chi connectivity index (χ4n) is 2.22. The van der Waals surface area contributed by atoms with Crippen LogP contribution in [0.3, 0.4) is 0 Å². The van der Waals surface area contributed by atoms with Gasteiger partial charge in [0.25, 0.3) is 11.8 Å². The van der Waals surface area contributed by atoms with Gasteiger partial charge >= 0.3 is 5.97 Å². The molecule has 0 atom stereocenters. The summed E-state index contributed by atoms with van der Waals surface area (Å²) in [7, 11) is 0. The predicted molar refractivity (Wildman–Crippen MR) is 79.3 cm³/mol. The van der Waals surface area contributed by atoms with Crippen LogP contribution in [-0.2, 0) is 27.2 Å². The topological polar surface area (TPSA) is 98.5 Å². The summed E-state index contributed by atoms with van der Waals surface area (Å²) in [6.07, 6.45) is 2.71. The molecular formula is C14H18N2O4S. The maximum absolute atomic E-state index is 11.8. The number of nitrogens with one attached hydrogen (secondary N) is 1. The third kappa shape index (κ3) is 3.41. The maximum atomic E-state index is 11.8. The van der Waals surface area contributed by atoms with Gasteiger partial charge in [-0.1, -0.05) is 13.8 Å². The van der Waals surface area contributed by atoms with Gasteiger partial charge < -0.3 is 15.8 Å². The van der Waals surface area contributed by atoms with Crippen molar-refractivity contribution in [3.63, 3.8) is 0 Å². The van der Waals surface area contributed by atoms with Crippen LogP contribution in [-0.4, -0.2) is 24.4 Å². The van der Waals surface area contributed by atoms with Crippen molar-refractivity contribution < 1.29 is 19.1 Å². The molecule has 6 nitrogen and oxygen atoms in total. The number of aryl methyl sites for hydroxylation is 1. The minimum absolute atomic E-state index is 0.287. The number of rotatable bonds is 5. The molecule has 0 unspecified atom stereocenters.